The molecule has 0 saturated heterocycles. The predicted molar refractivity (Wildman–Crippen MR) is 106 cm³/mol. The van der Waals surface area contributed by atoms with Gasteiger partial charge in [-0.2, -0.15) is 0 Å². The van der Waals surface area contributed by atoms with Crippen LogP contribution >= 0.6 is 0 Å². The minimum Gasteiger partial charge on any atom is -0.0533 e. The van der Waals surface area contributed by atoms with Crippen molar-refractivity contribution in [3.05, 3.63) is 12.8 Å². The largest absolute Gasteiger partial charge is 0.0533 e. The standard InChI is InChI=1S/C23H44/c1-2-4-6-8-10-12-14-16-18-20-22-23-21-19-17-15-13-11-9-7-5-3-1/h1,20H,2-19,21-23H2. The Kier molecular flexibility index (Phi) is 16.8. The molecular weight excluding hydrogens is 276 g/mol. The van der Waals surface area contributed by atoms with Gasteiger partial charge >= 0.3 is 0 Å². The Hall–Kier alpha value is 0. The fourth-order valence-electron chi connectivity index (χ4n) is 3.74. The van der Waals surface area contributed by atoms with E-state index < -0.39 is 0 Å². The molecule has 0 nitrogen and oxygen atoms in total. The summed E-state index contributed by atoms with van der Waals surface area (Å²) in [4.78, 5) is 0. The van der Waals surface area contributed by atoms with E-state index in [1.165, 1.54) is 135 Å². The lowest BCUT2D eigenvalue weighted by atomic mass is 10.0. The molecule has 0 aromatic rings. The number of rotatable bonds is 0. The average Bonchev–Trinajstić information content (AvgIpc) is 2.56. The Morgan fingerprint density at radius 2 is 0.391 bits per heavy atom. The molecule has 0 aromatic heterocycles. The van der Waals surface area contributed by atoms with E-state index in [-0.39, 0.29) is 0 Å². The second-order valence-corrected chi connectivity index (χ2v) is 7.74. The zero-order valence-electron chi connectivity index (χ0n) is 16.0. The van der Waals surface area contributed by atoms with E-state index in [0.29, 0.717) is 0 Å². The maximum Gasteiger partial charge on any atom is -0.0386 e. The molecule has 136 valence electrons. The van der Waals surface area contributed by atoms with Crippen LogP contribution in [0.25, 0.3) is 0 Å². The lowest BCUT2D eigenvalue weighted by molar-refractivity contribution is 0.546. The lowest BCUT2D eigenvalue weighted by Gasteiger charge is -2.03. The minimum atomic E-state index is 1.37. The molecule has 0 amide bonds. The molecule has 0 bridgehead atoms. The zero-order chi connectivity index (χ0) is 16.3. The molecule has 1 aliphatic carbocycles. The highest BCUT2D eigenvalue weighted by Crippen LogP contribution is 2.16. The molecule has 1 aliphatic rings. The highest BCUT2D eigenvalue weighted by atomic mass is 14.0. The molecule has 0 aliphatic heterocycles. The van der Waals surface area contributed by atoms with Gasteiger partial charge in [0.1, 0.15) is 0 Å². The summed E-state index contributed by atoms with van der Waals surface area (Å²) in [6, 6.07) is 0. The first-order valence-electron chi connectivity index (χ1n) is 11.1. The van der Waals surface area contributed by atoms with E-state index >= 15 is 0 Å². The summed E-state index contributed by atoms with van der Waals surface area (Å²) in [5.74, 6) is 0. The van der Waals surface area contributed by atoms with Crippen molar-refractivity contribution in [2.45, 2.75) is 135 Å². The molecule has 0 aromatic carbocycles. The van der Waals surface area contributed by atoms with Gasteiger partial charge in [-0.25, -0.2) is 0 Å². The summed E-state index contributed by atoms with van der Waals surface area (Å²) in [6.45, 7) is 0. The zero-order valence-corrected chi connectivity index (χ0v) is 16.0. The van der Waals surface area contributed by atoms with Gasteiger partial charge < -0.3 is 0 Å². The van der Waals surface area contributed by atoms with Crippen LogP contribution in [-0.2, 0) is 0 Å². The summed E-state index contributed by atoms with van der Waals surface area (Å²) in [7, 11) is 0. The first-order chi connectivity index (χ1) is 11.5. The Bertz CT molecular complexity index is 104. The molecule has 1 saturated carbocycles. The van der Waals surface area contributed by atoms with E-state index in [0.717, 1.165) is 0 Å². The second kappa shape index (κ2) is 18.3. The van der Waals surface area contributed by atoms with Gasteiger partial charge in [-0.1, -0.05) is 135 Å². The number of hydrogen-bond acceptors (Lipinski definition) is 0. The van der Waals surface area contributed by atoms with Crippen LogP contribution in [0.4, 0.5) is 0 Å². The monoisotopic (exact) mass is 320 g/mol. The quantitative estimate of drug-likeness (QED) is 0.419. The molecule has 0 N–H and O–H groups in total. The van der Waals surface area contributed by atoms with Crippen LogP contribution < -0.4 is 0 Å². The summed E-state index contributed by atoms with van der Waals surface area (Å²) in [5, 5.41) is 0. The molecule has 0 heterocycles. The van der Waals surface area contributed by atoms with Crippen LogP contribution in [0.1, 0.15) is 135 Å². The fraction of sp³-hybridized carbons (Fsp3) is 0.913. The highest BCUT2D eigenvalue weighted by molar-refractivity contribution is 4.66. The predicted octanol–water partition coefficient (Wildman–Crippen LogP) is 8.60. The van der Waals surface area contributed by atoms with Crippen LogP contribution in [0.3, 0.4) is 0 Å². The molecule has 1 rings (SSSR count). The van der Waals surface area contributed by atoms with Crippen LogP contribution in [0.15, 0.2) is 0 Å². The van der Waals surface area contributed by atoms with Crippen LogP contribution in [0.2, 0.25) is 0 Å². The third-order valence-corrected chi connectivity index (χ3v) is 5.38. The molecular formula is C23H44. The average molecular weight is 321 g/mol. The summed E-state index contributed by atoms with van der Waals surface area (Å²) >= 11 is 0. The molecule has 0 spiro atoms. The lowest BCUT2D eigenvalue weighted by Crippen LogP contribution is -1.84. The first kappa shape index (κ1) is 21.0. The SMILES string of the molecule is [CH]1CCCCCCCCC[CH]CCCCCCCCCCCC1. The third kappa shape index (κ3) is 16.6. The number of hydrogen-bond donors (Lipinski definition) is 0. The molecule has 2 radical (unpaired) electrons. The van der Waals surface area contributed by atoms with Gasteiger partial charge in [-0.05, 0) is 12.8 Å². The van der Waals surface area contributed by atoms with E-state index in [2.05, 4.69) is 12.8 Å². The minimum absolute atomic E-state index is 1.37. The Balaban J connectivity index is 2.00. The normalized spacial score (nSPS) is 24.0. The summed E-state index contributed by atoms with van der Waals surface area (Å²) in [5.41, 5.74) is 0. The maximum atomic E-state index is 2.56. The van der Waals surface area contributed by atoms with Crippen molar-refractivity contribution in [3.63, 3.8) is 0 Å². The van der Waals surface area contributed by atoms with Crippen LogP contribution in [0, 0.1) is 12.8 Å². The van der Waals surface area contributed by atoms with Gasteiger partial charge in [-0.3, -0.25) is 0 Å². The van der Waals surface area contributed by atoms with Gasteiger partial charge in [0.05, 0.1) is 0 Å². The highest BCUT2D eigenvalue weighted by Gasteiger charge is 1.97. The Morgan fingerprint density at radius 1 is 0.217 bits per heavy atom. The van der Waals surface area contributed by atoms with Gasteiger partial charge in [0.25, 0.3) is 0 Å². The third-order valence-electron chi connectivity index (χ3n) is 5.38. The van der Waals surface area contributed by atoms with Crippen molar-refractivity contribution in [2.75, 3.05) is 0 Å². The molecule has 23 heavy (non-hydrogen) atoms. The van der Waals surface area contributed by atoms with Crippen LogP contribution in [0.5, 0.6) is 0 Å². The van der Waals surface area contributed by atoms with Gasteiger partial charge in [0, 0.05) is 0 Å². The van der Waals surface area contributed by atoms with Gasteiger partial charge in [0.15, 0.2) is 0 Å². The smallest absolute Gasteiger partial charge is 0.0386 e. The molecule has 1 fully saturated rings. The summed E-state index contributed by atoms with van der Waals surface area (Å²) in [6.07, 6.45) is 35.5. The summed E-state index contributed by atoms with van der Waals surface area (Å²) < 4.78 is 0. The first-order valence-corrected chi connectivity index (χ1v) is 11.1. The van der Waals surface area contributed by atoms with E-state index in [4.69, 9.17) is 0 Å². The molecule has 0 atom stereocenters. The van der Waals surface area contributed by atoms with Crippen molar-refractivity contribution < 1.29 is 0 Å². The maximum absolute atomic E-state index is 2.56. The second-order valence-electron chi connectivity index (χ2n) is 7.74. The van der Waals surface area contributed by atoms with E-state index in [1.807, 2.05) is 0 Å². The molecule has 0 heteroatoms. The van der Waals surface area contributed by atoms with E-state index in [9.17, 15) is 0 Å². The molecule has 0 unspecified atom stereocenters. The van der Waals surface area contributed by atoms with Crippen molar-refractivity contribution in [1.82, 2.24) is 0 Å². The van der Waals surface area contributed by atoms with Crippen molar-refractivity contribution in [2.24, 2.45) is 0 Å². The van der Waals surface area contributed by atoms with Crippen molar-refractivity contribution in [3.8, 4) is 0 Å². The van der Waals surface area contributed by atoms with E-state index in [1.54, 1.807) is 0 Å². The topological polar surface area (TPSA) is 0 Å². The van der Waals surface area contributed by atoms with Crippen LogP contribution in [-0.4, -0.2) is 0 Å². The Labute approximate surface area is 148 Å². The Morgan fingerprint density at radius 3 is 0.609 bits per heavy atom. The van der Waals surface area contributed by atoms with Crippen molar-refractivity contribution in [1.29, 1.82) is 0 Å². The van der Waals surface area contributed by atoms with Gasteiger partial charge in [-0.15, -0.1) is 0 Å². The van der Waals surface area contributed by atoms with Gasteiger partial charge in [0.2, 0.25) is 0 Å². The van der Waals surface area contributed by atoms with Crippen molar-refractivity contribution >= 4 is 0 Å². The fourth-order valence-corrected chi connectivity index (χ4v) is 3.74.